The molecule has 1 aliphatic carbocycles. The van der Waals surface area contributed by atoms with Crippen molar-refractivity contribution in [1.82, 2.24) is 9.97 Å². The Morgan fingerprint density at radius 3 is 2.86 bits per heavy atom. The Labute approximate surface area is 129 Å². The third kappa shape index (κ3) is 2.77. The molecule has 0 fully saturated rings. The first-order valence-corrected chi connectivity index (χ1v) is 8.66. The Bertz CT molecular complexity index is 716. The molecule has 2 aromatic rings. The Morgan fingerprint density at radius 1 is 1.38 bits per heavy atom. The van der Waals surface area contributed by atoms with E-state index in [1.807, 2.05) is 0 Å². The van der Waals surface area contributed by atoms with Crippen molar-refractivity contribution in [3.63, 3.8) is 0 Å². The number of fused-ring (bicyclic) bond motifs is 3. The molecule has 2 heterocycles. The quantitative estimate of drug-likeness (QED) is 0.912. The van der Waals surface area contributed by atoms with Gasteiger partial charge in [0.25, 0.3) is 5.56 Å². The fourth-order valence-corrected chi connectivity index (χ4v) is 4.64. The highest BCUT2D eigenvalue weighted by atomic mass is 32.1. The van der Waals surface area contributed by atoms with Gasteiger partial charge in [0.2, 0.25) is 0 Å². The van der Waals surface area contributed by atoms with Crippen LogP contribution in [0.15, 0.2) is 4.79 Å². The van der Waals surface area contributed by atoms with Gasteiger partial charge in [0.1, 0.15) is 10.9 Å². The second-order valence-electron chi connectivity index (χ2n) is 6.71. The predicted octanol–water partition coefficient (Wildman–Crippen LogP) is 2.14. The number of quaternary nitrogens is 1. The van der Waals surface area contributed by atoms with Gasteiger partial charge in [0, 0.05) is 4.88 Å². The largest absolute Gasteiger partial charge is 0.336 e. The first kappa shape index (κ1) is 14.7. The average molecular weight is 306 g/mol. The second kappa shape index (κ2) is 5.54. The van der Waals surface area contributed by atoms with E-state index in [0.29, 0.717) is 6.04 Å². The number of hydrogen-bond acceptors (Lipinski definition) is 3. The summed E-state index contributed by atoms with van der Waals surface area (Å²) in [5.74, 6) is 1.52. The summed E-state index contributed by atoms with van der Waals surface area (Å²) in [5, 5.41) is 3.07. The third-order valence-corrected chi connectivity index (χ3v) is 5.44. The summed E-state index contributed by atoms with van der Waals surface area (Å²) < 4.78 is 0. The number of nitrogens with one attached hydrogen (secondary N) is 1. The highest BCUT2D eigenvalue weighted by Gasteiger charge is 2.24. The first-order valence-electron chi connectivity index (χ1n) is 7.85. The molecule has 0 saturated carbocycles. The Kier molecular flexibility index (Phi) is 3.88. The maximum absolute atomic E-state index is 12.5. The van der Waals surface area contributed by atoms with E-state index in [4.69, 9.17) is 4.98 Å². The Morgan fingerprint density at radius 2 is 2.14 bits per heavy atom. The van der Waals surface area contributed by atoms with Gasteiger partial charge in [-0.15, -0.1) is 11.3 Å². The number of nitrogens with zero attached hydrogens (tertiary/aromatic N) is 1. The standard InChI is InChI=1S/C16H23N3OS/c1-8(2)17-10(4)14-18-15(20)13-11-6-5-9(3)7-12(11)21-16(13)19-14/h8-10,17H,5-7H2,1-4H3,(H,18,19,20)/p+1/t9-,10+/m0/s1. The fraction of sp³-hybridized carbons (Fsp3) is 0.625. The molecule has 3 rings (SSSR count). The maximum atomic E-state index is 12.5. The summed E-state index contributed by atoms with van der Waals surface area (Å²) in [6, 6.07) is 0.665. The number of nitrogens with two attached hydrogens (primary N) is 1. The van der Waals surface area contributed by atoms with Crippen LogP contribution in [0.4, 0.5) is 0 Å². The SMILES string of the molecule is CC(C)[NH2+][C@H](C)c1nc2sc3c(c2c(=O)[nH]1)CC[C@H](C)C3. The molecule has 21 heavy (non-hydrogen) atoms. The van der Waals surface area contributed by atoms with Gasteiger partial charge in [-0.05, 0) is 51.5 Å². The van der Waals surface area contributed by atoms with E-state index < -0.39 is 0 Å². The fourth-order valence-electron chi connectivity index (χ4n) is 3.25. The van der Waals surface area contributed by atoms with Crippen LogP contribution in [0.1, 0.15) is 56.4 Å². The maximum Gasteiger partial charge on any atom is 0.260 e. The number of H-pyrrole nitrogens is 1. The van der Waals surface area contributed by atoms with Crippen molar-refractivity contribution in [1.29, 1.82) is 0 Å². The van der Waals surface area contributed by atoms with Crippen molar-refractivity contribution in [2.24, 2.45) is 5.92 Å². The summed E-state index contributed by atoms with van der Waals surface area (Å²) in [6.07, 6.45) is 3.30. The molecule has 0 bridgehead atoms. The first-order chi connectivity index (χ1) is 9.95. The van der Waals surface area contributed by atoms with Crippen molar-refractivity contribution in [3.8, 4) is 0 Å². The van der Waals surface area contributed by atoms with Crippen molar-refractivity contribution >= 4 is 21.6 Å². The minimum absolute atomic E-state index is 0.0473. The van der Waals surface area contributed by atoms with E-state index in [0.717, 1.165) is 34.8 Å². The van der Waals surface area contributed by atoms with E-state index in [2.05, 4.69) is 38.0 Å². The summed E-state index contributed by atoms with van der Waals surface area (Å²) in [4.78, 5) is 22.6. The molecule has 0 radical (unpaired) electrons. The van der Waals surface area contributed by atoms with Crippen LogP contribution in [0, 0.1) is 5.92 Å². The zero-order valence-corrected chi connectivity index (χ0v) is 14.0. The van der Waals surface area contributed by atoms with Crippen LogP contribution >= 0.6 is 11.3 Å². The summed E-state index contributed by atoms with van der Waals surface area (Å²) in [5.41, 5.74) is 1.31. The molecule has 0 amide bonds. The van der Waals surface area contributed by atoms with Gasteiger partial charge in [-0.2, -0.15) is 0 Å². The van der Waals surface area contributed by atoms with Gasteiger partial charge >= 0.3 is 0 Å². The molecule has 0 aromatic carbocycles. The van der Waals surface area contributed by atoms with Gasteiger partial charge in [0.15, 0.2) is 5.82 Å². The molecule has 2 aromatic heterocycles. The third-order valence-electron chi connectivity index (χ3n) is 4.29. The number of aromatic nitrogens is 2. The van der Waals surface area contributed by atoms with Crippen LogP contribution in [-0.4, -0.2) is 16.0 Å². The lowest BCUT2D eigenvalue weighted by molar-refractivity contribution is -0.720. The van der Waals surface area contributed by atoms with E-state index in [9.17, 15) is 4.79 Å². The van der Waals surface area contributed by atoms with Gasteiger partial charge in [-0.1, -0.05) is 6.92 Å². The lowest BCUT2D eigenvalue weighted by Gasteiger charge is -2.17. The van der Waals surface area contributed by atoms with Crippen molar-refractivity contribution in [3.05, 3.63) is 26.6 Å². The molecule has 0 unspecified atom stereocenters. The number of aryl methyl sites for hydroxylation is 1. The molecule has 0 spiro atoms. The second-order valence-corrected chi connectivity index (χ2v) is 7.79. The molecule has 1 aliphatic rings. The van der Waals surface area contributed by atoms with Crippen LogP contribution in [-0.2, 0) is 12.8 Å². The molecule has 0 aliphatic heterocycles. The zero-order valence-electron chi connectivity index (χ0n) is 13.2. The molecule has 0 saturated heterocycles. The minimum Gasteiger partial charge on any atom is -0.336 e. The number of rotatable bonds is 3. The Hall–Kier alpha value is -1.20. The van der Waals surface area contributed by atoms with Gasteiger partial charge in [-0.25, -0.2) is 4.98 Å². The molecule has 4 nitrogen and oxygen atoms in total. The molecular weight excluding hydrogens is 282 g/mol. The zero-order chi connectivity index (χ0) is 15.1. The molecule has 3 N–H and O–H groups in total. The van der Waals surface area contributed by atoms with Gasteiger partial charge < -0.3 is 10.3 Å². The lowest BCUT2D eigenvalue weighted by Crippen LogP contribution is -2.89. The van der Waals surface area contributed by atoms with E-state index in [-0.39, 0.29) is 11.6 Å². The molecule has 5 heteroatoms. The number of aromatic amines is 1. The van der Waals surface area contributed by atoms with Gasteiger partial charge in [-0.3, -0.25) is 4.79 Å². The predicted molar refractivity (Wildman–Crippen MR) is 86.9 cm³/mol. The summed E-state index contributed by atoms with van der Waals surface area (Å²) in [6.45, 7) is 8.69. The van der Waals surface area contributed by atoms with Crippen molar-refractivity contribution in [2.45, 2.75) is 59.0 Å². The van der Waals surface area contributed by atoms with Crippen molar-refractivity contribution in [2.75, 3.05) is 0 Å². The smallest absolute Gasteiger partial charge is 0.260 e. The van der Waals surface area contributed by atoms with Gasteiger partial charge in [0.05, 0.1) is 11.4 Å². The van der Waals surface area contributed by atoms with Crippen LogP contribution in [0.5, 0.6) is 0 Å². The van der Waals surface area contributed by atoms with Crippen LogP contribution in [0.25, 0.3) is 10.2 Å². The Balaban J connectivity index is 2.07. The molecule has 2 atom stereocenters. The molecular formula is C16H24N3OS+. The lowest BCUT2D eigenvalue weighted by atomic mass is 9.89. The van der Waals surface area contributed by atoms with Crippen LogP contribution in [0.2, 0.25) is 0 Å². The van der Waals surface area contributed by atoms with Crippen molar-refractivity contribution < 1.29 is 5.32 Å². The number of thiophene rings is 1. The number of hydrogen-bond donors (Lipinski definition) is 2. The topological polar surface area (TPSA) is 62.4 Å². The molecule has 114 valence electrons. The van der Waals surface area contributed by atoms with E-state index in [1.165, 1.54) is 16.9 Å². The monoisotopic (exact) mass is 306 g/mol. The van der Waals surface area contributed by atoms with Crippen LogP contribution < -0.4 is 10.9 Å². The van der Waals surface area contributed by atoms with E-state index in [1.54, 1.807) is 11.3 Å². The minimum atomic E-state index is 0.0473. The highest BCUT2D eigenvalue weighted by Crippen LogP contribution is 2.35. The normalized spacial score (nSPS) is 20.0. The average Bonchev–Trinajstić information content (AvgIpc) is 2.75. The van der Waals surface area contributed by atoms with E-state index >= 15 is 0 Å². The highest BCUT2D eigenvalue weighted by molar-refractivity contribution is 7.18. The van der Waals surface area contributed by atoms with Crippen LogP contribution in [0.3, 0.4) is 0 Å². The summed E-state index contributed by atoms with van der Waals surface area (Å²) in [7, 11) is 0. The summed E-state index contributed by atoms with van der Waals surface area (Å²) >= 11 is 1.72.